The molecule has 31 heteroatoms. The van der Waals surface area contributed by atoms with Crippen molar-refractivity contribution in [3.05, 3.63) is 75.9 Å². The van der Waals surface area contributed by atoms with E-state index in [-0.39, 0.29) is 92.0 Å². The molecule has 0 aromatic carbocycles. The topological polar surface area (TPSA) is 315 Å². The lowest BCUT2D eigenvalue weighted by atomic mass is 10.0. The molecule has 3 aliphatic heterocycles. The van der Waals surface area contributed by atoms with Gasteiger partial charge in [0, 0.05) is 5.92 Å². The van der Waals surface area contributed by atoms with Crippen LogP contribution in [-0.2, 0) is 64.5 Å². The Morgan fingerprint density at radius 3 is 1.95 bits per heavy atom. The van der Waals surface area contributed by atoms with Crippen molar-refractivity contribution < 1.29 is 78.8 Å². The molecule has 0 spiro atoms. The van der Waals surface area contributed by atoms with Gasteiger partial charge in [0.25, 0.3) is 5.95 Å². The smallest absolute Gasteiger partial charge is 0.472 e. The van der Waals surface area contributed by atoms with Crippen LogP contribution in [0.4, 0.5) is 16.7 Å². The largest absolute Gasteiger partial charge is 0.475 e. The highest BCUT2D eigenvalue weighted by Gasteiger charge is 2.57. The number of imidazole rings is 2. The van der Waals surface area contributed by atoms with Crippen molar-refractivity contribution >= 4 is 64.3 Å². The Morgan fingerprint density at radius 2 is 1.34 bits per heavy atom. The highest BCUT2D eigenvalue weighted by molar-refractivity contribution is 7.48. The van der Waals surface area contributed by atoms with Gasteiger partial charge in [-0.15, -0.1) is 6.58 Å². The van der Waals surface area contributed by atoms with Crippen molar-refractivity contribution in [2.24, 2.45) is 5.92 Å². The van der Waals surface area contributed by atoms with E-state index in [1.165, 1.54) is 52.2 Å². The summed E-state index contributed by atoms with van der Waals surface area (Å²) in [6.45, 7) is 28.2. The molecular formula is C48H63N11O17P2Si. The lowest BCUT2D eigenvalue weighted by Crippen LogP contribution is -2.49. The average Bonchev–Trinajstić information content (AvgIpc) is 4.41. The lowest BCUT2D eigenvalue weighted by molar-refractivity contribution is -0.0699. The minimum atomic E-state index is -4.79. The molecule has 0 aliphatic carbocycles. The number of nitrogens with zero attached hydrogens (tertiary/aromatic N) is 9. The molecule has 28 nitrogen and oxygen atoms in total. The molecule has 7 rings (SSSR count). The summed E-state index contributed by atoms with van der Waals surface area (Å²) < 4.78 is 113. The number of fused-ring (bicyclic) bond motifs is 4. The van der Waals surface area contributed by atoms with Crippen molar-refractivity contribution in [2.45, 2.75) is 95.2 Å². The second kappa shape index (κ2) is 26.6. The molecular weight excluding hydrogens is 1090 g/mol. The fourth-order valence-corrected chi connectivity index (χ4v) is 11.8. The lowest BCUT2D eigenvalue weighted by Gasteiger charge is -2.41. The van der Waals surface area contributed by atoms with E-state index >= 15 is 9.13 Å². The second-order valence-electron chi connectivity index (χ2n) is 18.9. The summed E-state index contributed by atoms with van der Waals surface area (Å²) in [7, 11) is -12.5. The number of carbonyl (C=O) groups excluding carboxylic acids is 1. The van der Waals surface area contributed by atoms with Gasteiger partial charge >= 0.3 is 21.7 Å². The number of rotatable bonds is 23. The number of hydrogen-bond donors (Lipinski definition) is 2. The first-order valence-electron chi connectivity index (χ1n) is 24.6. The molecule has 2 N–H and O–H groups in total. The van der Waals surface area contributed by atoms with Crippen LogP contribution >= 0.6 is 15.6 Å². The summed E-state index contributed by atoms with van der Waals surface area (Å²) in [6, 6.07) is 1.96. The number of phosphoric ester groups is 2. The Bertz CT molecular complexity index is 3060. The zero-order valence-electron chi connectivity index (χ0n) is 44.4. The average molecular weight is 1160 g/mol. The Kier molecular flexibility index (Phi) is 20.2. The minimum absolute atomic E-state index is 0.0136. The summed E-state index contributed by atoms with van der Waals surface area (Å²) in [6.07, 6.45) is 4.83. The molecule has 0 radical (unpaired) electrons. The van der Waals surface area contributed by atoms with Crippen molar-refractivity contribution in [2.75, 3.05) is 63.7 Å². The van der Waals surface area contributed by atoms with Gasteiger partial charge in [0.15, 0.2) is 49.1 Å². The number of carbonyl (C=O) groups is 1. The zero-order valence-corrected chi connectivity index (χ0v) is 47.2. The van der Waals surface area contributed by atoms with Crippen LogP contribution in [0, 0.1) is 29.5 Å². The maximum absolute atomic E-state index is 15.4. The van der Waals surface area contributed by atoms with Gasteiger partial charge < -0.3 is 37.7 Å². The van der Waals surface area contributed by atoms with E-state index in [0.717, 1.165) is 0 Å². The third-order valence-corrected chi connectivity index (χ3v) is 19.7. The van der Waals surface area contributed by atoms with E-state index < -0.39 is 97.2 Å². The Hall–Kier alpha value is -6.56. The van der Waals surface area contributed by atoms with Crippen LogP contribution in [0.15, 0.2) is 75.9 Å². The SMILES string of the molecule is C=CCOC#CONc1nc(OCC=C)c2ncn([C@@H]3O[C@H]4COP(=O)(OCCC#N)OC5[C@H](COP(=O)(OCC=C)O[C@@H]4C3O[Si](C)(C)C(C)(C)C)O[C@@H](n3cnc4c(OCC=C)nc(NC(=O)OCC=C)nc43)[C@H]5C)c2n1. The molecule has 426 valence electrons. The molecule has 7 heterocycles. The van der Waals surface area contributed by atoms with Gasteiger partial charge in [0.2, 0.25) is 17.7 Å². The summed E-state index contributed by atoms with van der Waals surface area (Å²) in [5.74, 6) is -1.16. The first-order chi connectivity index (χ1) is 37.8. The molecule has 79 heavy (non-hydrogen) atoms. The van der Waals surface area contributed by atoms with E-state index in [0.29, 0.717) is 0 Å². The van der Waals surface area contributed by atoms with Gasteiger partial charge in [0.1, 0.15) is 63.2 Å². The van der Waals surface area contributed by atoms with Crippen molar-refractivity contribution in [1.82, 2.24) is 39.0 Å². The third kappa shape index (κ3) is 14.4. The Balaban J connectivity index is 1.30. The standard InChI is InChI=1S/C48H63N11O17P2Si/c1-12-19-63-25-26-67-57-46-53-40-35(42(55-46)65-21-14-3)51-30-59(40)44-38(76-79(10,11)48(7,8)9)37-33(73-44)28-71-78(62,69-24-17-18-49)74-36-31(6)43(72-32(36)27-70-77(61,75-37)68-23-16-5)58-29-50-34-39(58)52-45(54-41(34)64-20-13-2)56-47(60)66-22-15-4/h12-16,29-33,36-38,43-44H,1-5,17,19-24,27-28H2,6-11H3,(H,53,55,57)(H,52,54,56,60)/t31-,32-,33-,36?,37-,38?,43+,44+,77?,78?/m0/s1. The number of phosphoric acid groups is 2. The Morgan fingerprint density at radius 1 is 0.785 bits per heavy atom. The zero-order chi connectivity index (χ0) is 57.0. The molecule has 3 saturated heterocycles. The number of nitriles is 1. The predicted molar refractivity (Wildman–Crippen MR) is 284 cm³/mol. The van der Waals surface area contributed by atoms with Gasteiger partial charge in [-0.05, 0) is 18.1 Å². The third-order valence-electron chi connectivity index (χ3n) is 12.3. The molecule has 4 unspecified atom stereocenters. The molecule has 3 aliphatic rings. The van der Waals surface area contributed by atoms with Crippen molar-refractivity contribution in [3.63, 3.8) is 0 Å². The number of aromatic nitrogens is 8. The summed E-state index contributed by atoms with van der Waals surface area (Å²) in [5, 5.41) is 11.6. The fourth-order valence-electron chi connectivity index (χ4n) is 7.72. The maximum atomic E-state index is 15.4. The van der Waals surface area contributed by atoms with Crippen molar-refractivity contribution in [3.8, 4) is 30.0 Å². The number of hydrogen-bond acceptors (Lipinski definition) is 25. The van der Waals surface area contributed by atoms with Crippen LogP contribution in [0.1, 0.15) is 46.6 Å². The summed E-state index contributed by atoms with van der Waals surface area (Å²) >= 11 is 0. The van der Waals surface area contributed by atoms with Crippen LogP contribution in [-0.4, -0.2) is 137 Å². The van der Waals surface area contributed by atoms with E-state index in [2.05, 4.69) is 85.8 Å². The van der Waals surface area contributed by atoms with E-state index in [4.69, 9.17) is 64.8 Å². The molecule has 1 amide bonds. The van der Waals surface area contributed by atoms with Gasteiger partial charge in [-0.1, -0.05) is 84.4 Å². The maximum Gasteiger partial charge on any atom is 0.475 e. The molecule has 3 fully saturated rings. The summed E-state index contributed by atoms with van der Waals surface area (Å²) in [5.41, 5.74) is 3.13. The van der Waals surface area contributed by atoms with Gasteiger partial charge in [-0.2, -0.15) is 30.7 Å². The Labute approximate surface area is 456 Å². The molecule has 0 saturated carbocycles. The van der Waals surface area contributed by atoms with Crippen LogP contribution in [0.5, 0.6) is 11.8 Å². The van der Waals surface area contributed by atoms with E-state index in [1.54, 1.807) is 6.92 Å². The van der Waals surface area contributed by atoms with Gasteiger partial charge in [-0.3, -0.25) is 41.6 Å². The second-order valence-corrected chi connectivity index (χ2v) is 26.9. The number of anilines is 2. The van der Waals surface area contributed by atoms with Crippen LogP contribution in [0.2, 0.25) is 18.1 Å². The normalized spacial score (nSPS) is 26.1. The van der Waals surface area contributed by atoms with E-state index in [1.807, 2.05) is 39.9 Å². The highest BCUT2D eigenvalue weighted by atomic mass is 31.2. The highest BCUT2D eigenvalue weighted by Crippen LogP contribution is 2.59. The van der Waals surface area contributed by atoms with E-state index in [9.17, 15) is 10.1 Å². The number of ether oxygens (including phenoxy) is 6. The fraction of sp³-hybridized carbons (Fsp3) is 0.500. The van der Waals surface area contributed by atoms with Crippen LogP contribution in [0.3, 0.4) is 0 Å². The molecule has 4 aromatic rings. The molecule has 10 atom stereocenters. The minimum Gasteiger partial charge on any atom is -0.472 e. The van der Waals surface area contributed by atoms with Gasteiger partial charge in [0.05, 0.1) is 51.6 Å². The van der Waals surface area contributed by atoms with Crippen LogP contribution < -0.4 is 20.3 Å². The van der Waals surface area contributed by atoms with Gasteiger partial charge in [-0.25, -0.2) is 23.9 Å². The first-order valence-corrected chi connectivity index (χ1v) is 30.4. The predicted octanol–water partition coefficient (Wildman–Crippen LogP) is 7.98. The number of nitrogens with one attached hydrogen (secondary N) is 2. The van der Waals surface area contributed by atoms with Crippen LogP contribution in [0.25, 0.3) is 22.3 Å². The number of amides is 1. The van der Waals surface area contributed by atoms with Crippen molar-refractivity contribution in [1.29, 1.82) is 5.26 Å². The first kappa shape index (κ1) is 60.1. The molecule has 0 bridgehead atoms. The monoisotopic (exact) mass is 1160 g/mol. The summed E-state index contributed by atoms with van der Waals surface area (Å²) in [4.78, 5) is 44.9. The molecule has 4 aromatic heterocycles. The quantitative estimate of drug-likeness (QED) is 0.0177.